The number of para-hydroxylation sites is 2. The molecule has 3 aromatic rings. The molecule has 0 aliphatic heterocycles. The summed E-state index contributed by atoms with van der Waals surface area (Å²) in [4.78, 5) is 38.4. The molecule has 7 nitrogen and oxygen atoms in total. The Morgan fingerprint density at radius 2 is 1.58 bits per heavy atom. The second-order valence-corrected chi connectivity index (χ2v) is 8.38. The SMILES string of the molecule is CCOC(=O)c1c(NC(=O)COc2c(C)cccc2C)sc(C(=O)Nc2ccccc2)c1C. The Morgan fingerprint density at radius 1 is 0.909 bits per heavy atom. The molecule has 0 aliphatic rings. The molecule has 0 bridgehead atoms. The number of benzene rings is 2. The highest BCUT2D eigenvalue weighted by atomic mass is 32.1. The van der Waals surface area contributed by atoms with Crippen molar-refractivity contribution in [3.63, 3.8) is 0 Å². The highest BCUT2D eigenvalue weighted by Gasteiger charge is 2.27. The summed E-state index contributed by atoms with van der Waals surface area (Å²) < 4.78 is 10.9. The fourth-order valence-corrected chi connectivity index (χ4v) is 4.41. The number of carbonyl (C=O) groups is 3. The summed E-state index contributed by atoms with van der Waals surface area (Å²) >= 11 is 1.02. The second kappa shape index (κ2) is 10.8. The molecule has 0 fully saturated rings. The molecule has 0 radical (unpaired) electrons. The molecular formula is C25H26N2O5S. The molecule has 0 aliphatic carbocycles. The molecule has 8 heteroatoms. The minimum atomic E-state index is -0.601. The molecule has 172 valence electrons. The third-order valence-corrected chi connectivity index (χ3v) is 6.08. The van der Waals surface area contributed by atoms with Crippen LogP contribution in [-0.4, -0.2) is 31.0 Å². The lowest BCUT2D eigenvalue weighted by Gasteiger charge is -2.12. The zero-order chi connectivity index (χ0) is 24.0. The van der Waals surface area contributed by atoms with Gasteiger partial charge < -0.3 is 20.1 Å². The third-order valence-electron chi connectivity index (χ3n) is 4.87. The molecule has 2 aromatic carbocycles. The van der Waals surface area contributed by atoms with Gasteiger partial charge in [-0.05, 0) is 56.5 Å². The molecule has 1 aromatic heterocycles. The molecule has 0 atom stereocenters. The van der Waals surface area contributed by atoms with Gasteiger partial charge in [0.25, 0.3) is 11.8 Å². The number of hydrogen-bond donors (Lipinski definition) is 2. The molecule has 33 heavy (non-hydrogen) atoms. The Bertz CT molecular complexity index is 1150. The zero-order valence-electron chi connectivity index (χ0n) is 19.0. The van der Waals surface area contributed by atoms with Crippen LogP contribution in [0.3, 0.4) is 0 Å². The average Bonchev–Trinajstić information content (AvgIpc) is 3.10. The first-order valence-corrected chi connectivity index (χ1v) is 11.3. The number of thiophene rings is 1. The molecule has 0 saturated carbocycles. The normalized spacial score (nSPS) is 10.4. The van der Waals surface area contributed by atoms with E-state index in [1.165, 1.54) is 0 Å². The number of aryl methyl sites for hydroxylation is 2. The van der Waals surface area contributed by atoms with Crippen molar-refractivity contribution >= 4 is 39.8 Å². The molecule has 2 amide bonds. The standard InChI is InChI=1S/C25H26N2O5S/c1-5-31-25(30)20-17(4)22(23(29)26-18-12-7-6-8-13-18)33-24(20)27-19(28)14-32-21-15(2)10-9-11-16(21)3/h6-13H,5,14H2,1-4H3,(H,26,29)(H,27,28). The quantitative estimate of drug-likeness (QED) is 0.450. The average molecular weight is 467 g/mol. The van der Waals surface area contributed by atoms with Crippen LogP contribution in [0.15, 0.2) is 48.5 Å². The van der Waals surface area contributed by atoms with Crippen LogP contribution in [0.4, 0.5) is 10.7 Å². The van der Waals surface area contributed by atoms with Gasteiger partial charge >= 0.3 is 5.97 Å². The maximum absolute atomic E-state index is 12.9. The van der Waals surface area contributed by atoms with Crippen LogP contribution < -0.4 is 15.4 Å². The summed E-state index contributed by atoms with van der Waals surface area (Å²) in [6.45, 7) is 7.09. The lowest BCUT2D eigenvalue weighted by molar-refractivity contribution is -0.118. The molecule has 3 rings (SSSR count). The molecule has 1 heterocycles. The van der Waals surface area contributed by atoms with Crippen LogP contribution in [0.5, 0.6) is 5.75 Å². The van der Waals surface area contributed by atoms with Crippen molar-refractivity contribution in [1.29, 1.82) is 0 Å². The largest absolute Gasteiger partial charge is 0.483 e. The minimum Gasteiger partial charge on any atom is -0.483 e. The first-order chi connectivity index (χ1) is 15.8. The van der Waals surface area contributed by atoms with Gasteiger partial charge in [-0.25, -0.2) is 4.79 Å². The van der Waals surface area contributed by atoms with E-state index in [1.54, 1.807) is 26.0 Å². The Morgan fingerprint density at radius 3 is 2.21 bits per heavy atom. The Balaban J connectivity index is 1.82. The fourth-order valence-electron chi connectivity index (χ4n) is 3.30. The van der Waals surface area contributed by atoms with Crippen LogP contribution >= 0.6 is 11.3 Å². The second-order valence-electron chi connectivity index (χ2n) is 7.36. The minimum absolute atomic E-state index is 0.167. The molecule has 0 saturated heterocycles. The van der Waals surface area contributed by atoms with Gasteiger partial charge in [-0.2, -0.15) is 0 Å². The van der Waals surface area contributed by atoms with Crippen molar-refractivity contribution in [2.75, 3.05) is 23.8 Å². The van der Waals surface area contributed by atoms with Crippen molar-refractivity contribution in [1.82, 2.24) is 0 Å². The summed E-state index contributed by atoms with van der Waals surface area (Å²) in [6.07, 6.45) is 0. The molecule has 0 spiro atoms. The van der Waals surface area contributed by atoms with Gasteiger partial charge in [0.1, 0.15) is 10.8 Å². The van der Waals surface area contributed by atoms with Gasteiger partial charge in [-0.1, -0.05) is 36.4 Å². The van der Waals surface area contributed by atoms with Crippen molar-refractivity contribution in [3.8, 4) is 5.75 Å². The number of nitrogens with one attached hydrogen (secondary N) is 2. The van der Waals surface area contributed by atoms with Gasteiger partial charge in [0.05, 0.1) is 17.0 Å². The van der Waals surface area contributed by atoms with Gasteiger partial charge in [-0.15, -0.1) is 11.3 Å². The Labute approximate surface area is 196 Å². The van der Waals surface area contributed by atoms with Gasteiger partial charge in [0, 0.05) is 5.69 Å². The number of ether oxygens (including phenoxy) is 2. The van der Waals surface area contributed by atoms with E-state index in [9.17, 15) is 14.4 Å². The van der Waals surface area contributed by atoms with Crippen LogP contribution in [0.25, 0.3) is 0 Å². The van der Waals surface area contributed by atoms with Crippen molar-refractivity contribution in [3.05, 3.63) is 75.7 Å². The molecule has 2 N–H and O–H groups in total. The Kier molecular flexibility index (Phi) is 7.84. The topological polar surface area (TPSA) is 93.7 Å². The number of esters is 1. The summed E-state index contributed by atoms with van der Waals surface area (Å²) in [6, 6.07) is 14.7. The van der Waals surface area contributed by atoms with Gasteiger partial charge in [-0.3, -0.25) is 9.59 Å². The molecule has 0 unspecified atom stereocenters. The van der Waals surface area contributed by atoms with Crippen LogP contribution in [-0.2, 0) is 9.53 Å². The van der Waals surface area contributed by atoms with Crippen molar-refractivity contribution in [2.24, 2.45) is 0 Å². The highest BCUT2D eigenvalue weighted by molar-refractivity contribution is 7.18. The maximum Gasteiger partial charge on any atom is 0.341 e. The van der Waals surface area contributed by atoms with E-state index in [0.717, 1.165) is 22.5 Å². The van der Waals surface area contributed by atoms with Crippen molar-refractivity contribution in [2.45, 2.75) is 27.7 Å². The number of carbonyl (C=O) groups excluding carboxylic acids is 3. The number of hydrogen-bond acceptors (Lipinski definition) is 6. The van der Waals surface area contributed by atoms with E-state index < -0.39 is 11.9 Å². The van der Waals surface area contributed by atoms with E-state index in [0.29, 0.717) is 21.9 Å². The van der Waals surface area contributed by atoms with E-state index in [1.807, 2.05) is 50.2 Å². The zero-order valence-corrected chi connectivity index (χ0v) is 19.8. The lowest BCUT2D eigenvalue weighted by Crippen LogP contribution is -2.21. The van der Waals surface area contributed by atoms with Gasteiger partial charge in [0.15, 0.2) is 6.61 Å². The Hall–Kier alpha value is -3.65. The van der Waals surface area contributed by atoms with Crippen molar-refractivity contribution < 1.29 is 23.9 Å². The summed E-state index contributed by atoms with van der Waals surface area (Å²) in [5, 5.41) is 5.77. The maximum atomic E-state index is 12.9. The van der Waals surface area contributed by atoms with Crippen LogP contribution in [0.1, 0.15) is 43.6 Å². The number of rotatable bonds is 8. The summed E-state index contributed by atoms with van der Waals surface area (Å²) in [7, 11) is 0. The smallest absolute Gasteiger partial charge is 0.341 e. The first-order valence-electron chi connectivity index (χ1n) is 10.5. The number of anilines is 2. The predicted octanol–water partition coefficient (Wildman–Crippen LogP) is 5.12. The molecular weight excluding hydrogens is 440 g/mol. The van der Waals surface area contributed by atoms with E-state index in [-0.39, 0.29) is 29.7 Å². The first kappa shape index (κ1) is 24.0. The van der Waals surface area contributed by atoms with Crippen LogP contribution in [0.2, 0.25) is 0 Å². The van der Waals surface area contributed by atoms with Gasteiger partial charge in [0.2, 0.25) is 0 Å². The summed E-state index contributed by atoms with van der Waals surface area (Å²) in [5.74, 6) is -0.777. The predicted molar refractivity (Wildman–Crippen MR) is 129 cm³/mol. The van der Waals surface area contributed by atoms with E-state index in [4.69, 9.17) is 9.47 Å². The van der Waals surface area contributed by atoms with E-state index in [2.05, 4.69) is 10.6 Å². The monoisotopic (exact) mass is 466 g/mol. The number of amides is 2. The summed E-state index contributed by atoms with van der Waals surface area (Å²) in [5.41, 5.74) is 3.07. The van der Waals surface area contributed by atoms with E-state index >= 15 is 0 Å². The third kappa shape index (κ3) is 5.78. The van der Waals surface area contributed by atoms with Crippen LogP contribution in [0, 0.1) is 20.8 Å². The fraction of sp³-hybridized carbons (Fsp3) is 0.240. The highest BCUT2D eigenvalue weighted by Crippen LogP contribution is 2.34. The lowest BCUT2D eigenvalue weighted by atomic mass is 10.1.